The van der Waals surface area contributed by atoms with E-state index in [0.717, 1.165) is 19.3 Å². The van der Waals surface area contributed by atoms with Gasteiger partial charge in [0, 0.05) is 0 Å². The van der Waals surface area contributed by atoms with Crippen molar-refractivity contribution in [3.8, 4) is 0 Å². The smallest absolute Gasteiger partial charge is 0.329 e. The molecular formula is C15H18FNO3. The van der Waals surface area contributed by atoms with Crippen LogP contribution in [0.1, 0.15) is 48.0 Å². The van der Waals surface area contributed by atoms with Crippen molar-refractivity contribution in [3.63, 3.8) is 0 Å². The Morgan fingerprint density at radius 1 is 1.25 bits per heavy atom. The van der Waals surface area contributed by atoms with Gasteiger partial charge in [-0.1, -0.05) is 31.4 Å². The zero-order chi connectivity index (χ0) is 14.8. The third-order valence-corrected chi connectivity index (χ3v) is 3.91. The van der Waals surface area contributed by atoms with Gasteiger partial charge in [0.25, 0.3) is 5.91 Å². The van der Waals surface area contributed by atoms with Gasteiger partial charge in [-0.3, -0.25) is 4.79 Å². The molecule has 0 saturated heterocycles. The van der Waals surface area contributed by atoms with Crippen LogP contribution in [-0.2, 0) is 4.79 Å². The number of rotatable bonds is 3. The molecule has 0 heterocycles. The van der Waals surface area contributed by atoms with E-state index in [0.29, 0.717) is 18.4 Å². The number of amides is 1. The number of carboxylic acid groups (broad SMARTS) is 1. The molecule has 1 aliphatic carbocycles. The van der Waals surface area contributed by atoms with Gasteiger partial charge in [-0.25, -0.2) is 9.18 Å². The van der Waals surface area contributed by atoms with Gasteiger partial charge in [-0.05, 0) is 31.4 Å². The molecule has 1 amide bonds. The van der Waals surface area contributed by atoms with Gasteiger partial charge in [-0.2, -0.15) is 0 Å². The molecule has 20 heavy (non-hydrogen) atoms. The van der Waals surface area contributed by atoms with Crippen LogP contribution in [0.5, 0.6) is 0 Å². The highest BCUT2D eigenvalue weighted by molar-refractivity contribution is 5.98. The molecule has 0 radical (unpaired) electrons. The average molecular weight is 279 g/mol. The minimum absolute atomic E-state index is 0.101. The fraction of sp³-hybridized carbons (Fsp3) is 0.467. The van der Waals surface area contributed by atoms with Crippen molar-refractivity contribution >= 4 is 11.9 Å². The van der Waals surface area contributed by atoms with E-state index in [-0.39, 0.29) is 5.56 Å². The predicted octanol–water partition coefficient (Wildman–Crippen LogP) is 2.65. The number of carbonyl (C=O) groups is 2. The molecule has 1 aromatic carbocycles. The van der Waals surface area contributed by atoms with E-state index in [4.69, 9.17) is 0 Å². The summed E-state index contributed by atoms with van der Waals surface area (Å²) in [6, 6.07) is 4.53. The minimum atomic E-state index is -1.26. The lowest BCUT2D eigenvalue weighted by Crippen LogP contribution is -2.55. The Balaban J connectivity index is 2.25. The van der Waals surface area contributed by atoms with Crippen LogP contribution in [0.25, 0.3) is 0 Å². The zero-order valence-electron chi connectivity index (χ0n) is 11.4. The molecule has 5 heteroatoms. The number of hydrogen-bond donors (Lipinski definition) is 2. The molecule has 0 aliphatic heterocycles. The van der Waals surface area contributed by atoms with Crippen LogP contribution >= 0.6 is 0 Å². The SMILES string of the molecule is Cc1cccc(C(=O)NC2(C(=O)O)CCCCC2)c1F. The summed E-state index contributed by atoms with van der Waals surface area (Å²) in [6.07, 6.45) is 3.25. The number of hydrogen-bond acceptors (Lipinski definition) is 2. The van der Waals surface area contributed by atoms with Crippen molar-refractivity contribution < 1.29 is 19.1 Å². The van der Waals surface area contributed by atoms with Crippen LogP contribution in [0.2, 0.25) is 0 Å². The molecule has 0 aromatic heterocycles. The fourth-order valence-corrected chi connectivity index (χ4v) is 2.66. The molecule has 1 aliphatic rings. The minimum Gasteiger partial charge on any atom is -0.480 e. The maximum absolute atomic E-state index is 13.9. The largest absolute Gasteiger partial charge is 0.480 e. The van der Waals surface area contributed by atoms with Crippen LogP contribution in [0.3, 0.4) is 0 Å². The zero-order valence-corrected chi connectivity index (χ0v) is 11.4. The van der Waals surface area contributed by atoms with Crippen LogP contribution in [0.15, 0.2) is 18.2 Å². The van der Waals surface area contributed by atoms with Gasteiger partial charge >= 0.3 is 5.97 Å². The number of carbonyl (C=O) groups excluding carboxylic acids is 1. The first-order valence-corrected chi connectivity index (χ1v) is 6.77. The Bertz CT molecular complexity index is 536. The van der Waals surface area contributed by atoms with Crippen molar-refractivity contribution in [2.24, 2.45) is 0 Å². The monoisotopic (exact) mass is 279 g/mol. The lowest BCUT2D eigenvalue weighted by atomic mass is 9.81. The maximum Gasteiger partial charge on any atom is 0.329 e. The van der Waals surface area contributed by atoms with Gasteiger partial charge < -0.3 is 10.4 Å². The summed E-state index contributed by atoms with van der Waals surface area (Å²) >= 11 is 0. The Morgan fingerprint density at radius 2 is 1.90 bits per heavy atom. The van der Waals surface area contributed by atoms with Crippen LogP contribution in [0, 0.1) is 12.7 Å². The Hall–Kier alpha value is -1.91. The summed E-state index contributed by atoms with van der Waals surface area (Å²) in [7, 11) is 0. The van der Waals surface area contributed by atoms with Gasteiger partial charge in [-0.15, -0.1) is 0 Å². The number of nitrogens with one attached hydrogen (secondary N) is 1. The lowest BCUT2D eigenvalue weighted by Gasteiger charge is -2.34. The molecule has 1 saturated carbocycles. The second-order valence-corrected chi connectivity index (χ2v) is 5.34. The summed E-state index contributed by atoms with van der Waals surface area (Å²) in [6.45, 7) is 1.57. The van der Waals surface area contributed by atoms with Crippen molar-refractivity contribution in [1.82, 2.24) is 5.32 Å². The Kier molecular flexibility index (Phi) is 4.06. The highest BCUT2D eigenvalue weighted by Crippen LogP contribution is 2.29. The van der Waals surface area contributed by atoms with E-state index in [9.17, 15) is 19.1 Å². The van der Waals surface area contributed by atoms with Crippen LogP contribution in [0.4, 0.5) is 4.39 Å². The summed E-state index contributed by atoms with van der Waals surface area (Å²) in [5.41, 5.74) is -0.993. The van der Waals surface area contributed by atoms with E-state index in [2.05, 4.69) is 5.32 Å². The summed E-state index contributed by atoms with van der Waals surface area (Å²) in [5.74, 6) is -2.30. The normalized spacial score (nSPS) is 17.5. The van der Waals surface area contributed by atoms with Gasteiger partial charge in [0.2, 0.25) is 0 Å². The van der Waals surface area contributed by atoms with E-state index >= 15 is 0 Å². The number of carboxylic acids is 1. The predicted molar refractivity (Wildman–Crippen MR) is 72.1 cm³/mol. The second kappa shape index (κ2) is 5.61. The topological polar surface area (TPSA) is 66.4 Å². The molecule has 0 unspecified atom stereocenters. The first-order chi connectivity index (χ1) is 9.46. The first-order valence-electron chi connectivity index (χ1n) is 6.77. The van der Waals surface area contributed by atoms with Gasteiger partial charge in [0.1, 0.15) is 11.4 Å². The van der Waals surface area contributed by atoms with Crippen molar-refractivity contribution in [2.75, 3.05) is 0 Å². The number of benzene rings is 1. The molecule has 0 atom stereocenters. The molecule has 2 N–H and O–H groups in total. The standard InChI is InChI=1S/C15H18FNO3/c1-10-6-5-7-11(12(10)16)13(18)17-15(14(19)20)8-3-2-4-9-15/h5-7H,2-4,8-9H2,1H3,(H,17,18)(H,19,20). The van der Waals surface area contributed by atoms with E-state index in [1.54, 1.807) is 19.1 Å². The molecule has 108 valence electrons. The fourth-order valence-electron chi connectivity index (χ4n) is 2.66. The Morgan fingerprint density at radius 3 is 2.50 bits per heavy atom. The summed E-state index contributed by atoms with van der Waals surface area (Å²) in [5, 5.41) is 11.9. The molecule has 1 aromatic rings. The van der Waals surface area contributed by atoms with Crippen molar-refractivity contribution in [3.05, 3.63) is 35.1 Å². The molecular weight excluding hydrogens is 261 g/mol. The van der Waals surface area contributed by atoms with E-state index in [1.807, 2.05) is 0 Å². The van der Waals surface area contributed by atoms with Crippen molar-refractivity contribution in [2.45, 2.75) is 44.6 Å². The molecule has 1 fully saturated rings. The van der Waals surface area contributed by atoms with Crippen LogP contribution < -0.4 is 5.32 Å². The van der Waals surface area contributed by atoms with Crippen LogP contribution in [-0.4, -0.2) is 22.5 Å². The first kappa shape index (κ1) is 14.5. The van der Waals surface area contributed by atoms with Crippen molar-refractivity contribution in [1.29, 1.82) is 0 Å². The number of aliphatic carboxylic acids is 1. The molecule has 0 spiro atoms. The second-order valence-electron chi connectivity index (χ2n) is 5.34. The molecule has 0 bridgehead atoms. The highest BCUT2D eigenvalue weighted by atomic mass is 19.1. The Labute approximate surface area is 117 Å². The van der Waals surface area contributed by atoms with Gasteiger partial charge in [0.15, 0.2) is 0 Å². The quantitative estimate of drug-likeness (QED) is 0.894. The summed E-state index contributed by atoms with van der Waals surface area (Å²) < 4.78 is 13.9. The highest BCUT2D eigenvalue weighted by Gasteiger charge is 2.41. The third kappa shape index (κ3) is 2.66. The number of halogens is 1. The summed E-state index contributed by atoms with van der Waals surface area (Å²) in [4.78, 5) is 23.7. The van der Waals surface area contributed by atoms with E-state index < -0.39 is 23.2 Å². The number of aryl methyl sites for hydroxylation is 1. The lowest BCUT2D eigenvalue weighted by molar-refractivity contribution is -0.145. The molecule has 2 rings (SSSR count). The third-order valence-electron chi connectivity index (χ3n) is 3.91. The molecule has 4 nitrogen and oxygen atoms in total. The maximum atomic E-state index is 13.9. The van der Waals surface area contributed by atoms with E-state index in [1.165, 1.54) is 6.07 Å². The average Bonchev–Trinajstić information content (AvgIpc) is 2.42. The van der Waals surface area contributed by atoms with Gasteiger partial charge in [0.05, 0.1) is 5.56 Å².